The van der Waals surface area contributed by atoms with Gasteiger partial charge in [-0.05, 0) is 69.8 Å². The van der Waals surface area contributed by atoms with Crippen molar-refractivity contribution in [1.82, 2.24) is 9.62 Å². The van der Waals surface area contributed by atoms with E-state index >= 15 is 0 Å². The van der Waals surface area contributed by atoms with E-state index in [1.807, 2.05) is 0 Å². The third-order valence-corrected chi connectivity index (χ3v) is 6.85. The Kier molecular flexibility index (Phi) is 7.08. The zero-order valence-electron chi connectivity index (χ0n) is 15.8. The summed E-state index contributed by atoms with van der Waals surface area (Å²) in [5.74, 6) is -0.287. The fraction of sp³-hybridized carbons (Fsp3) is 0.684. The Morgan fingerprint density at radius 3 is 2.56 bits per heavy atom. The molecule has 2 aliphatic heterocycles. The topological polar surface area (TPSA) is 67.9 Å². The van der Waals surface area contributed by atoms with Crippen LogP contribution < -0.4 is 9.46 Å². The molecule has 27 heavy (non-hydrogen) atoms. The minimum Gasteiger partial charge on any atom is -0.491 e. The van der Waals surface area contributed by atoms with Crippen molar-refractivity contribution in [2.45, 2.75) is 43.5 Å². The first-order valence-electron chi connectivity index (χ1n) is 9.73. The zero-order valence-corrected chi connectivity index (χ0v) is 16.6. The van der Waals surface area contributed by atoms with Crippen molar-refractivity contribution < 1.29 is 22.3 Å². The smallest absolute Gasteiger partial charge is 0.240 e. The largest absolute Gasteiger partial charge is 0.491 e. The molecule has 6 nitrogen and oxygen atoms in total. The molecule has 0 radical (unpaired) electrons. The summed E-state index contributed by atoms with van der Waals surface area (Å²) in [6.45, 7) is 6.13. The third-order valence-electron chi connectivity index (χ3n) is 5.43. The molecule has 2 saturated heterocycles. The van der Waals surface area contributed by atoms with Crippen LogP contribution in [-0.4, -0.2) is 58.8 Å². The van der Waals surface area contributed by atoms with E-state index in [0.717, 1.165) is 58.1 Å². The second-order valence-corrected chi connectivity index (χ2v) is 8.97. The molecule has 2 fully saturated rings. The number of nitrogens with one attached hydrogen (secondary N) is 1. The van der Waals surface area contributed by atoms with Crippen LogP contribution in [0.1, 0.15) is 32.6 Å². The van der Waals surface area contributed by atoms with E-state index in [0.29, 0.717) is 25.1 Å². The van der Waals surface area contributed by atoms with Gasteiger partial charge in [-0.1, -0.05) is 0 Å². The lowest BCUT2D eigenvalue weighted by molar-refractivity contribution is 0.0214. The summed E-state index contributed by atoms with van der Waals surface area (Å²) in [7, 11) is -3.72. The summed E-state index contributed by atoms with van der Waals surface area (Å²) in [5.41, 5.74) is 0. The maximum absolute atomic E-state index is 14.0. The average Bonchev–Trinajstić information content (AvgIpc) is 2.69. The van der Waals surface area contributed by atoms with Crippen LogP contribution in [0.4, 0.5) is 4.39 Å². The van der Waals surface area contributed by atoms with Crippen molar-refractivity contribution in [3.63, 3.8) is 0 Å². The molecule has 1 aromatic rings. The fourth-order valence-electron chi connectivity index (χ4n) is 3.80. The molecule has 0 aromatic heterocycles. The van der Waals surface area contributed by atoms with Crippen LogP contribution in [-0.2, 0) is 14.8 Å². The molecule has 0 saturated carbocycles. The first kappa shape index (κ1) is 20.5. The summed E-state index contributed by atoms with van der Waals surface area (Å²) in [5, 5.41) is 0. The van der Waals surface area contributed by atoms with Crippen molar-refractivity contribution in [1.29, 1.82) is 0 Å². The lowest BCUT2D eigenvalue weighted by atomic mass is 9.94. The van der Waals surface area contributed by atoms with Gasteiger partial charge in [0.25, 0.3) is 0 Å². The van der Waals surface area contributed by atoms with Crippen molar-refractivity contribution in [3.8, 4) is 5.75 Å². The predicted octanol–water partition coefficient (Wildman–Crippen LogP) is 2.39. The number of rotatable bonds is 7. The monoisotopic (exact) mass is 400 g/mol. The highest BCUT2D eigenvalue weighted by Crippen LogP contribution is 2.24. The second kappa shape index (κ2) is 9.32. The molecular weight excluding hydrogens is 371 g/mol. The zero-order chi connectivity index (χ0) is 19.3. The summed E-state index contributed by atoms with van der Waals surface area (Å²) in [6, 6.07) is 4.36. The maximum Gasteiger partial charge on any atom is 0.240 e. The number of halogens is 1. The summed E-state index contributed by atoms with van der Waals surface area (Å²) in [4.78, 5) is 2.44. The number of ether oxygens (including phenoxy) is 2. The van der Waals surface area contributed by atoms with Gasteiger partial charge >= 0.3 is 0 Å². The first-order chi connectivity index (χ1) is 13.0. The van der Waals surface area contributed by atoms with Gasteiger partial charge in [0.2, 0.25) is 10.0 Å². The number of piperidine rings is 1. The standard InChI is InChI=1S/C19H29FN2O4S/c1-2-26-19-4-3-17(13-18(19)20)27(23,24)21-14-15-5-9-22(10-6-15)16-7-11-25-12-8-16/h3-4,13,15-16,21H,2,5-12,14H2,1H3. The van der Waals surface area contributed by atoms with Crippen molar-refractivity contribution >= 4 is 10.0 Å². The van der Waals surface area contributed by atoms with Crippen LogP contribution in [0, 0.1) is 11.7 Å². The van der Waals surface area contributed by atoms with Gasteiger partial charge in [0.1, 0.15) is 0 Å². The molecule has 8 heteroatoms. The Labute approximate surface area is 161 Å². The molecule has 1 N–H and O–H groups in total. The minimum absolute atomic E-state index is 0.0666. The van der Waals surface area contributed by atoms with Crippen LogP contribution >= 0.6 is 0 Å². The molecule has 3 rings (SSSR count). The molecule has 0 amide bonds. The van der Waals surface area contributed by atoms with E-state index in [4.69, 9.17) is 9.47 Å². The van der Waals surface area contributed by atoms with Gasteiger partial charge < -0.3 is 14.4 Å². The maximum atomic E-state index is 14.0. The van der Waals surface area contributed by atoms with E-state index in [1.165, 1.54) is 12.1 Å². The number of benzene rings is 1. The summed E-state index contributed by atoms with van der Waals surface area (Å²) in [6.07, 6.45) is 4.11. The Morgan fingerprint density at radius 1 is 1.22 bits per heavy atom. The molecule has 1 aromatic carbocycles. The van der Waals surface area contributed by atoms with E-state index in [-0.39, 0.29) is 10.6 Å². The minimum atomic E-state index is -3.72. The first-order valence-corrected chi connectivity index (χ1v) is 11.2. The van der Waals surface area contributed by atoms with E-state index in [9.17, 15) is 12.8 Å². The number of likely N-dealkylation sites (tertiary alicyclic amines) is 1. The average molecular weight is 401 g/mol. The van der Waals surface area contributed by atoms with Gasteiger partial charge in [-0.15, -0.1) is 0 Å². The highest BCUT2D eigenvalue weighted by Gasteiger charge is 2.27. The summed E-state index contributed by atoms with van der Waals surface area (Å²) >= 11 is 0. The van der Waals surface area contributed by atoms with Crippen LogP contribution in [0.3, 0.4) is 0 Å². The van der Waals surface area contributed by atoms with Crippen LogP contribution in [0.5, 0.6) is 5.75 Å². The number of sulfonamides is 1. The van der Waals surface area contributed by atoms with Crippen molar-refractivity contribution in [2.24, 2.45) is 5.92 Å². The normalized spacial score (nSPS) is 20.7. The lowest BCUT2D eigenvalue weighted by Gasteiger charge is -2.39. The predicted molar refractivity (Wildman–Crippen MR) is 101 cm³/mol. The van der Waals surface area contributed by atoms with Gasteiger partial charge in [0, 0.05) is 25.8 Å². The SMILES string of the molecule is CCOc1ccc(S(=O)(=O)NCC2CCN(C3CCOCC3)CC2)cc1F. The van der Waals surface area contributed by atoms with Gasteiger partial charge in [-0.25, -0.2) is 17.5 Å². The second-order valence-electron chi connectivity index (χ2n) is 7.20. The molecule has 0 bridgehead atoms. The highest BCUT2D eigenvalue weighted by atomic mass is 32.2. The fourth-order valence-corrected chi connectivity index (χ4v) is 4.93. The van der Waals surface area contributed by atoms with Crippen molar-refractivity contribution in [2.75, 3.05) is 39.5 Å². The van der Waals surface area contributed by atoms with E-state index in [2.05, 4.69) is 9.62 Å². The quantitative estimate of drug-likeness (QED) is 0.761. The molecule has 152 valence electrons. The van der Waals surface area contributed by atoms with E-state index < -0.39 is 15.8 Å². The third kappa shape index (κ3) is 5.40. The van der Waals surface area contributed by atoms with Gasteiger partial charge in [-0.3, -0.25) is 0 Å². The molecule has 0 aliphatic carbocycles. The molecule has 2 heterocycles. The molecule has 0 spiro atoms. The number of hydrogen-bond donors (Lipinski definition) is 1. The summed E-state index contributed by atoms with van der Waals surface area (Å²) < 4.78 is 52.1. The Bertz CT molecular complexity index is 714. The van der Waals surface area contributed by atoms with E-state index in [1.54, 1.807) is 6.92 Å². The number of hydrogen-bond acceptors (Lipinski definition) is 5. The van der Waals surface area contributed by atoms with Crippen LogP contribution in [0.25, 0.3) is 0 Å². The molecular formula is C19H29FN2O4S. The van der Waals surface area contributed by atoms with Gasteiger partial charge in [-0.2, -0.15) is 0 Å². The lowest BCUT2D eigenvalue weighted by Crippen LogP contribution is -2.45. The Morgan fingerprint density at radius 2 is 1.93 bits per heavy atom. The molecule has 0 atom stereocenters. The Hall–Kier alpha value is -1.22. The van der Waals surface area contributed by atoms with Crippen LogP contribution in [0.15, 0.2) is 23.1 Å². The molecule has 0 unspecified atom stereocenters. The Balaban J connectivity index is 1.50. The van der Waals surface area contributed by atoms with Crippen LogP contribution in [0.2, 0.25) is 0 Å². The van der Waals surface area contributed by atoms with Gasteiger partial charge in [0.15, 0.2) is 11.6 Å². The van der Waals surface area contributed by atoms with Gasteiger partial charge in [0.05, 0.1) is 11.5 Å². The molecule has 2 aliphatic rings. The number of nitrogens with zero attached hydrogens (tertiary/aromatic N) is 1. The van der Waals surface area contributed by atoms with Crippen molar-refractivity contribution in [3.05, 3.63) is 24.0 Å². The highest BCUT2D eigenvalue weighted by molar-refractivity contribution is 7.89.